The van der Waals surface area contributed by atoms with Crippen LogP contribution < -0.4 is 0 Å². The number of aryl methyl sites for hydroxylation is 2. The highest BCUT2D eigenvalue weighted by molar-refractivity contribution is 5.61. The minimum atomic E-state index is -0.511. The van der Waals surface area contributed by atoms with Crippen LogP contribution in [0.1, 0.15) is 36.1 Å². The summed E-state index contributed by atoms with van der Waals surface area (Å²) in [7, 11) is 2.11. The molecule has 1 fully saturated rings. The third-order valence-corrected chi connectivity index (χ3v) is 5.09. The van der Waals surface area contributed by atoms with Gasteiger partial charge in [0.1, 0.15) is 0 Å². The molecule has 2 aromatic rings. The second-order valence-electron chi connectivity index (χ2n) is 7.20. The summed E-state index contributed by atoms with van der Waals surface area (Å²) in [5.41, 5.74) is 7.09. The molecule has 1 aliphatic rings. The molecule has 2 nitrogen and oxygen atoms in total. The molecule has 0 atom stereocenters. The third-order valence-electron chi connectivity index (χ3n) is 5.09. The minimum absolute atomic E-state index is 0.511. The van der Waals surface area contributed by atoms with Crippen LogP contribution in [-0.2, 0) is 12.8 Å². The molecule has 0 radical (unpaired) electrons. The van der Waals surface area contributed by atoms with Crippen LogP contribution in [0.3, 0.4) is 0 Å². The van der Waals surface area contributed by atoms with Crippen molar-refractivity contribution in [2.75, 3.05) is 20.1 Å². The molecule has 1 N–H and O–H groups in total. The second-order valence-corrected chi connectivity index (χ2v) is 7.20. The van der Waals surface area contributed by atoms with Crippen LogP contribution >= 0.6 is 0 Å². The Morgan fingerprint density at radius 2 is 1.19 bits per heavy atom. The molecule has 3 rings (SSSR count). The first-order chi connectivity index (χ1) is 12.6. The predicted molar refractivity (Wildman–Crippen MR) is 111 cm³/mol. The van der Waals surface area contributed by atoms with Crippen molar-refractivity contribution in [3.05, 3.63) is 81.9 Å². The van der Waals surface area contributed by atoms with E-state index in [1.165, 1.54) is 11.1 Å². The molecule has 136 valence electrons. The van der Waals surface area contributed by atoms with E-state index in [1.807, 2.05) is 0 Å². The van der Waals surface area contributed by atoms with Gasteiger partial charge in [-0.25, -0.2) is 0 Å². The Hall–Kier alpha value is -2.16. The average molecular weight is 348 g/mol. The van der Waals surface area contributed by atoms with Gasteiger partial charge in [0, 0.05) is 13.1 Å². The van der Waals surface area contributed by atoms with Crippen molar-refractivity contribution >= 4 is 12.2 Å². The first-order valence-electron chi connectivity index (χ1n) is 9.54. The van der Waals surface area contributed by atoms with Crippen LogP contribution in [0.25, 0.3) is 12.2 Å². The van der Waals surface area contributed by atoms with Crippen molar-refractivity contribution < 1.29 is 5.11 Å². The van der Waals surface area contributed by atoms with Crippen molar-refractivity contribution in [2.45, 2.75) is 32.8 Å². The van der Waals surface area contributed by atoms with Gasteiger partial charge < -0.3 is 5.11 Å². The lowest BCUT2D eigenvalue weighted by molar-refractivity contribution is 0.198. The van der Waals surface area contributed by atoms with E-state index in [4.69, 9.17) is 0 Å². The number of aliphatic hydroxyl groups is 1. The van der Waals surface area contributed by atoms with Crippen LogP contribution in [-0.4, -0.2) is 36.2 Å². The van der Waals surface area contributed by atoms with Gasteiger partial charge in [0.2, 0.25) is 0 Å². The van der Waals surface area contributed by atoms with E-state index >= 15 is 0 Å². The molecular formula is C24H29NO. The Morgan fingerprint density at radius 3 is 1.54 bits per heavy atom. The molecule has 0 unspecified atom stereocenters. The number of benzene rings is 2. The van der Waals surface area contributed by atoms with Crippen LogP contribution in [0, 0.1) is 0 Å². The van der Waals surface area contributed by atoms with Gasteiger partial charge in [0.25, 0.3) is 0 Å². The molecule has 0 aliphatic carbocycles. The van der Waals surface area contributed by atoms with Crippen molar-refractivity contribution in [2.24, 2.45) is 0 Å². The zero-order valence-electron chi connectivity index (χ0n) is 16.1. The van der Waals surface area contributed by atoms with E-state index in [2.05, 4.69) is 86.5 Å². The van der Waals surface area contributed by atoms with Gasteiger partial charge >= 0.3 is 0 Å². The maximum atomic E-state index is 10.9. The number of aliphatic hydroxyl groups excluding tert-OH is 1. The molecule has 1 saturated heterocycles. The summed E-state index contributed by atoms with van der Waals surface area (Å²) in [5, 5.41) is 10.9. The van der Waals surface area contributed by atoms with E-state index in [0.717, 1.165) is 48.2 Å². The van der Waals surface area contributed by atoms with E-state index in [0.29, 0.717) is 0 Å². The van der Waals surface area contributed by atoms with Crippen molar-refractivity contribution in [1.29, 1.82) is 0 Å². The number of rotatable bonds is 4. The Labute approximate surface area is 157 Å². The fourth-order valence-corrected chi connectivity index (χ4v) is 3.47. The number of likely N-dealkylation sites (tertiary alicyclic amines) is 1. The third kappa shape index (κ3) is 4.51. The van der Waals surface area contributed by atoms with E-state index in [1.54, 1.807) is 0 Å². The smallest absolute Gasteiger partial charge is 0.0992 e. The first kappa shape index (κ1) is 18.6. The summed E-state index contributed by atoms with van der Waals surface area (Å²) < 4.78 is 0. The lowest BCUT2D eigenvalue weighted by atomic mass is 9.92. The zero-order valence-corrected chi connectivity index (χ0v) is 16.1. The normalized spacial score (nSPS) is 19.4. The summed E-state index contributed by atoms with van der Waals surface area (Å²) in [6.45, 7) is 5.92. The molecule has 1 aliphatic heterocycles. The van der Waals surface area contributed by atoms with Gasteiger partial charge in [0.05, 0.1) is 6.10 Å². The summed E-state index contributed by atoms with van der Waals surface area (Å²) in [4.78, 5) is 2.26. The maximum Gasteiger partial charge on any atom is 0.0992 e. The highest BCUT2D eigenvalue weighted by Crippen LogP contribution is 2.25. The molecule has 2 aromatic carbocycles. The maximum absolute atomic E-state index is 10.9. The van der Waals surface area contributed by atoms with Crippen LogP contribution in [0.5, 0.6) is 0 Å². The van der Waals surface area contributed by atoms with E-state index < -0.39 is 6.10 Å². The molecule has 0 bridgehead atoms. The van der Waals surface area contributed by atoms with Gasteiger partial charge in [-0.15, -0.1) is 0 Å². The second kappa shape index (κ2) is 8.48. The summed E-state index contributed by atoms with van der Waals surface area (Å²) >= 11 is 0. The quantitative estimate of drug-likeness (QED) is 0.875. The van der Waals surface area contributed by atoms with Gasteiger partial charge in [-0.05, 0) is 53.3 Å². The number of hydrogen-bond donors (Lipinski definition) is 1. The molecule has 0 amide bonds. The Bertz CT molecular complexity index is 716. The standard InChI is InChI=1S/C24H29NO/c1-4-18-6-10-20(11-7-18)14-22-16-25(3)17-23(24(22)26)15-21-12-8-19(5-2)9-13-21/h6-15,24,26H,4-5,16-17H2,1-3H3/b22-14-,23-15-. The molecule has 1 heterocycles. The topological polar surface area (TPSA) is 23.5 Å². The van der Waals surface area contributed by atoms with Gasteiger partial charge in [-0.1, -0.05) is 74.5 Å². The number of likely N-dealkylation sites (N-methyl/N-ethyl adjacent to an activating group) is 1. The average Bonchev–Trinajstić information content (AvgIpc) is 2.66. The van der Waals surface area contributed by atoms with Gasteiger partial charge in [-0.2, -0.15) is 0 Å². The van der Waals surface area contributed by atoms with Gasteiger partial charge in [0.15, 0.2) is 0 Å². The monoisotopic (exact) mass is 347 g/mol. The highest BCUT2D eigenvalue weighted by atomic mass is 16.3. The lowest BCUT2D eigenvalue weighted by Crippen LogP contribution is -2.37. The van der Waals surface area contributed by atoms with Crippen molar-refractivity contribution in [3.8, 4) is 0 Å². The Kier molecular flexibility index (Phi) is 6.08. The van der Waals surface area contributed by atoms with E-state index in [9.17, 15) is 5.11 Å². The van der Waals surface area contributed by atoms with Crippen LogP contribution in [0.2, 0.25) is 0 Å². The number of hydrogen-bond acceptors (Lipinski definition) is 2. The van der Waals surface area contributed by atoms with Crippen LogP contribution in [0.4, 0.5) is 0 Å². The molecule has 2 heteroatoms. The summed E-state index contributed by atoms with van der Waals surface area (Å²) in [5.74, 6) is 0. The van der Waals surface area contributed by atoms with Gasteiger partial charge in [-0.3, -0.25) is 4.90 Å². The molecule has 0 spiro atoms. The molecule has 26 heavy (non-hydrogen) atoms. The fourth-order valence-electron chi connectivity index (χ4n) is 3.47. The van der Waals surface area contributed by atoms with Crippen molar-refractivity contribution in [1.82, 2.24) is 4.90 Å². The Morgan fingerprint density at radius 1 is 0.808 bits per heavy atom. The fraction of sp³-hybridized carbons (Fsp3) is 0.333. The Balaban J connectivity index is 1.85. The van der Waals surface area contributed by atoms with Crippen molar-refractivity contribution in [3.63, 3.8) is 0 Å². The molecular weight excluding hydrogens is 318 g/mol. The largest absolute Gasteiger partial charge is 0.384 e. The molecule has 0 saturated carbocycles. The predicted octanol–water partition coefficient (Wildman–Crippen LogP) is 4.58. The summed E-state index contributed by atoms with van der Waals surface area (Å²) in [6.07, 6.45) is 5.85. The minimum Gasteiger partial charge on any atom is -0.384 e. The number of nitrogens with zero attached hydrogens (tertiary/aromatic N) is 1. The lowest BCUT2D eigenvalue weighted by Gasteiger charge is -2.31. The SMILES string of the molecule is CCc1ccc(/C=C2/CN(C)C/C(=C/c3ccc(CC)cc3)C2O)cc1. The summed E-state index contributed by atoms with van der Waals surface area (Å²) in [6, 6.07) is 17.2. The zero-order chi connectivity index (χ0) is 18.5. The van der Waals surface area contributed by atoms with E-state index in [-0.39, 0.29) is 0 Å². The first-order valence-corrected chi connectivity index (χ1v) is 9.54. The number of piperidine rings is 1. The molecule has 0 aromatic heterocycles. The highest BCUT2D eigenvalue weighted by Gasteiger charge is 2.24. The van der Waals surface area contributed by atoms with Crippen LogP contribution in [0.15, 0.2) is 59.7 Å².